The van der Waals surface area contributed by atoms with Crippen molar-refractivity contribution in [1.82, 2.24) is 10.2 Å². The fourth-order valence-electron chi connectivity index (χ4n) is 3.43. The largest absolute Gasteiger partial charge is 0.454 e. The van der Waals surface area contributed by atoms with Gasteiger partial charge in [-0.1, -0.05) is 23.7 Å². The molecule has 2 aliphatic rings. The molecule has 0 radical (unpaired) electrons. The fourth-order valence-corrected chi connectivity index (χ4v) is 3.60. The van der Waals surface area contributed by atoms with Gasteiger partial charge in [-0.25, -0.2) is 4.79 Å². The Morgan fingerprint density at radius 1 is 1.11 bits per heavy atom. The molecule has 2 aliphatic heterocycles. The van der Waals surface area contributed by atoms with E-state index in [4.69, 9.17) is 21.1 Å². The Hall–Kier alpha value is -2.60. The van der Waals surface area contributed by atoms with Crippen LogP contribution in [0.15, 0.2) is 36.4 Å². The molecule has 142 valence electrons. The van der Waals surface area contributed by atoms with Gasteiger partial charge in [0.2, 0.25) is 6.79 Å². The molecule has 2 aromatic carbocycles. The Bertz CT molecular complexity index is 850. The maximum Gasteiger partial charge on any atom is 0.317 e. The van der Waals surface area contributed by atoms with Crippen molar-refractivity contribution in [2.75, 3.05) is 37.9 Å². The van der Waals surface area contributed by atoms with Crippen LogP contribution in [-0.4, -0.2) is 43.9 Å². The van der Waals surface area contributed by atoms with E-state index >= 15 is 0 Å². The first-order chi connectivity index (χ1) is 13.1. The lowest BCUT2D eigenvalue weighted by atomic mass is 10.1. The van der Waals surface area contributed by atoms with Crippen LogP contribution < -0.4 is 19.7 Å². The van der Waals surface area contributed by atoms with Crippen molar-refractivity contribution in [2.45, 2.75) is 13.5 Å². The predicted octanol–water partition coefficient (Wildman–Crippen LogP) is 3.41. The summed E-state index contributed by atoms with van der Waals surface area (Å²) in [5.74, 6) is 1.48. The molecule has 1 saturated heterocycles. The lowest BCUT2D eigenvalue weighted by molar-refractivity contribution is 0.174. The minimum atomic E-state index is -0.0462. The molecule has 7 heteroatoms. The van der Waals surface area contributed by atoms with E-state index in [2.05, 4.69) is 16.3 Å². The van der Waals surface area contributed by atoms with Crippen molar-refractivity contribution < 1.29 is 14.3 Å². The second-order valence-electron chi connectivity index (χ2n) is 6.70. The minimum Gasteiger partial charge on any atom is -0.454 e. The topological polar surface area (TPSA) is 54.0 Å². The van der Waals surface area contributed by atoms with Crippen LogP contribution in [0.1, 0.15) is 11.1 Å². The lowest BCUT2D eigenvalue weighted by Gasteiger charge is -2.36. The maximum absolute atomic E-state index is 12.5. The van der Waals surface area contributed by atoms with Gasteiger partial charge in [-0.2, -0.15) is 0 Å². The Morgan fingerprint density at radius 2 is 1.89 bits per heavy atom. The molecule has 6 nitrogen and oxygen atoms in total. The molecule has 2 heterocycles. The molecule has 0 bridgehead atoms. The van der Waals surface area contributed by atoms with E-state index in [9.17, 15) is 4.79 Å². The highest BCUT2D eigenvalue weighted by molar-refractivity contribution is 6.31. The normalized spacial score (nSPS) is 15.8. The monoisotopic (exact) mass is 387 g/mol. The van der Waals surface area contributed by atoms with Crippen molar-refractivity contribution in [3.8, 4) is 11.5 Å². The third-order valence-corrected chi connectivity index (χ3v) is 5.44. The minimum absolute atomic E-state index is 0.0462. The Balaban J connectivity index is 1.30. The molecule has 1 fully saturated rings. The number of anilines is 1. The Morgan fingerprint density at radius 3 is 2.70 bits per heavy atom. The zero-order chi connectivity index (χ0) is 18.8. The molecule has 0 aliphatic carbocycles. The summed E-state index contributed by atoms with van der Waals surface area (Å²) in [6, 6.07) is 11.6. The van der Waals surface area contributed by atoms with Gasteiger partial charge in [-0.05, 0) is 42.3 Å². The number of fused-ring (bicyclic) bond motifs is 1. The number of benzene rings is 2. The van der Waals surface area contributed by atoms with Crippen LogP contribution in [0, 0.1) is 6.92 Å². The Labute approximate surface area is 163 Å². The van der Waals surface area contributed by atoms with E-state index in [1.165, 1.54) is 0 Å². The summed E-state index contributed by atoms with van der Waals surface area (Å²) in [6.07, 6.45) is 0. The summed E-state index contributed by atoms with van der Waals surface area (Å²) < 4.78 is 10.7. The molecule has 0 aromatic heterocycles. The van der Waals surface area contributed by atoms with Crippen molar-refractivity contribution in [2.24, 2.45) is 0 Å². The molecule has 4 rings (SSSR count). The van der Waals surface area contributed by atoms with Gasteiger partial charge in [0, 0.05) is 43.4 Å². The quantitative estimate of drug-likeness (QED) is 0.876. The average molecular weight is 388 g/mol. The van der Waals surface area contributed by atoms with E-state index in [0.29, 0.717) is 19.6 Å². The van der Waals surface area contributed by atoms with Crippen molar-refractivity contribution in [3.63, 3.8) is 0 Å². The molecular weight excluding hydrogens is 366 g/mol. The van der Waals surface area contributed by atoms with E-state index in [1.807, 2.05) is 42.2 Å². The molecule has 0 spiro atoms. The fraction of sp³-hybridized carbons (Fsp3) is 0.350. The first kappa shape index (κ1) is 17.8. The highest BCUT2D eigenvalue weighted by Gasteiger charge is 2.22. The van der Waals surface area contributed by atoms with Crippen molar-refractivity contribution in [3.05, 3.63) is 52.5 Å². The maximum atomic E-state index is 12.5. The first-order valence-electron chi connectivity index (χ1n) is 9.03. The third kappa shape index (κ3) is 3.76. The summed E-state index contributed by atoms with van der Waals surface area (Å²) in [5, 5.41) is 3.76. The summed E-state index contributed by atoms with van der Waals surface area (Å²) in [6.45, 7) is 5.68. The van der Waals surface area contributed by atoms with Gasteiger partial charge in [-0.3, -0.25) is 0 Å². The number of hydrogen-bond donors (Lipinski definition) is 1. The third-order valence-electron chi connectivity index (χ3n) is 5.03. The van der Waals surface area contributed by atoms with Crippen LogP contribution in [0.4, 0.5) is 10.5 Å². The number of piperazine rings is 1. The summed E-state index contributed by atoms with van der Waals surface area (Å²) in [4.78, 5) is 16.6. The van der Waals surface area contributed by atoms with Gasteiger partial charge in [0.1, 0.15) is 0 Å². The van der Waals surface area contributed by atoms with Gasteiger partial charge < -0.3 is 24.6 Å². The number of carbonyl (C=O) groups is 1. The Kier molecular flexibility index (Phi) is 4.99. The van der Waals surface area contributed by atoms with Gasteiger partial charge in [0.25, 0.3) is 0 Å². The van der Waals surface area contributed by atoms with Crippen LogP contribution >= 0.6 is 11.6 Å². The smallest absolute Gasteiger partial charge is 0.317 e. The van der Waals surface area contributed by atoms with Crippen molar-refractivity contribution >= 4 is 23.3 Å². The SMILES string of the molecule is Cc1c(Cl)cccc1N1CCN(C(=O)NCc2ccc3c(c2)OCO3)CC1. The second kappa shape index (κ2) is 7.56. The number of nitrogens with zero attached hydrogens (tertiary/aromatic N) is 2. The number of rotatable bonds is 3. The van der Waals surface area contributed by atoms with Crippen LogP contribution in [0.3, 0.4) is 0 Å². The van der Waals surface area contributed by atoms with Crippen LogP contribution in [-0.2, 0) is 6.54 Å². The number of halogens is 1. The van der Waals surface area contributed by atoms with Crippen molar-refractivity contribution in [1.29, 1.82) is 0 Å². The molecule has 2 amide bonds. The van der Waals surface area contributed by atoms with Crippen LogP contribution in [0.5, 0.6) is 11.5 Å². The van der Waals surface area contributed by atoms with E-state index in [1.54, 1.807) is 0 Å². The van der Waals surface area contributed by atoms with Gasteiger partial charge in [0.05, 0.1) is 0 Å². The highest BCUT2D eigenvalue weighted by atomic mass is 35.5. The number of nitrogens with one attached hydrogen (secondary N) is 1. The summed E-state index contributed by atoms with van der Waals surface area (Å²) in [5.41, 5.74) is 3.21. The summed E-state index contributed by atoms with van der Waals surface area (Å²) in [7, 11) is 0. The number of urea groups is 1. The highest BCUT2D eigenvalue weighted by Crippen LogP contribution is 2.32. The number of hydrogen-bond acceptors (Lipinski definition) is 4. The molecule has 2 aromatic rings. The van der Waals surface area contributed by atoms with Crippen LogP contribution in [0.2, 0.25) is 5.02 Å². The van der Waals surface area contributed by atoms with E-state index in [0.717, 1.165) is 46.4 Å². The zero-order valence-electron chi connectivity index (χ0n) is 15.2. The average Bonchev–Trinajstić information content (AvgIpc) is 3.16. The number of carbonyl (C=O) groups excluding carboxylic acids is 1. The zero-order valence-corrected chi connectivity index (χ0v) is 16.0. The van der Waals surface area contributed by atoms with Gasteiger partial charge >= 0.3 is 6.03 Å². The molecule has 27 heavy (non-hydrogen) atoms. The van der Waals surface area contributed by atoms with E-state index in [-0.39, 0.29) is 12.8 Å². The number of ether oxygens (including phenoxy) is 2. The molecule has 0 atom stereocenters. The molecule has 0 saturated carbocycles. The predicted molar refractivity (Wildman–Crippen MR) is 105 cm³/mol. The number of amides is 2. The second-order valence-corrected chi connectivity index (χ2v) is 7.11. The molecule has 0 unspecified atom stereocenters. The lowest BCUT2D eigenvalue weighted by Crippen LogP contribution is -2.51. The standard InChI is InChI=1S/C20H22ClN3O3/c1-14-16(21)3-2-4-17(14)23-7-9-24(10-8-23)20(25)22-12-15-5-6-18-19(11-15)27-13-26-18/h2-6,11H,7-10,12-13H2,1H3,(H,22,25). The summed E-state index contributed by atoms with van der Waals surface area (Å²) >= 11 is 6.23. The van der Waals surface area contributed by atoms with Crippen LogP contribution in [0.25, 0.3) is 0 Å². The first-order valence-corrected chi connectivity index (χ1v) is 9.41. The van der Waals surface area contributed by atoms with E-state index < -0.39 is 0 Å². The van der Waals surface area contributed by atoms with Gasteiger partial charge in [0.15, 0.2) is 11.5 Å². The molecular formula is C20H22ClN3O3. The van der Waals surface area contributed by atoms with Gasteiger partial charge in [-0.15, -0.1) is 0 Å². The molecule has 1 N–H and O–H groups in total.